The highest BCUT2D eigenvalue weighted by Gasteiger charge is 2.22. The molecule has 1 amide bonds. The lowest BCUT2D eigenvalue weighted by atomic mass is 10.2. The first-order valence-electron chi connectivity index (χ1n) is 8.07. The van der Waals surface area contributed by atoms with E-state index in [-0.39, 0.29) is 17.3 Å². The second-order valence-corrected chi connectivity index (χ2v) is 7.57. The summed E-state index contributed by atoms with van der Waals surface area (Å²) in [5, 5.41) is 11.9. The summed E-state index contributed by atoms with van der Waals surface area (Å²) < 4.78 is 6.89. The predicted octanol–water partition coefficient (Wildman–Crippen LogP) is 2.09. The van der Waals surface area contributed by atoms with Gasteiger partial charge in [0.05, 0.1) is 11.4 Å². The highest BCUT2D eigenvalue weighted by atomic mass is 35.5. The van der Waals surface area contributed by atoms with Crippen molar-refractivity contribution in [2.75, 3.05) is 19.0 Å². The lowest BCUT2D eigenvalue weighted by Crippen LogP contribution is -2.36. The molecule has 3 N–H and O–H groups in total. The Morgan fingerprint density at radius 3 is 2.92 bits per heavy atom. The number of halogens is 1. The minimum absolute atomic E-state index is 0.0726. The van der Waals surface area contributed by atoms with Crippen molar-refractivity contribution >= 4 is 29.3 Å². The van der Waals surface area contributed by atoms with Crippen LogP contribution in [0.5, 0.6) is 0 Å². The van der Waals surface area contributed by atoms with Crippen molar-refractivity contribution in [1.82, 2.24) is 20.2 Å². The molecule has 1 saturated heterocycles. The number of nitrogens with zero attached hydrogens (tertiary/aromatic N) is 3. The average Bonchev–Trinajstić information content (AvgIpc) is 3.24. The number of rotatable bonds is 6. The number of nitrogens with two attached hydrogens (primary N) is 1. The van der Waals surface area contributed by atoms with Gasteiger partial charge in [0.15, 0.2) is 5.82 Å². The van der Waals surface area contributed by atoms with Gasteiger partial charge < -0.3 is 15.9 Å². The fourth-order valence-electron chi connectivity index (χ4n) is 2.53. The molecule has 7 nitrogen and oxygen atoms in total. The highest BCUT2D eigenvalue weighted by Crippen LogP contribution is 2.25. The summed E-state index contributed by atoms with van der Waals surface area (Å²) in [5.74, 6) is 6.53. The number of carbonyl (C=O) groups excluding carboxylic acids is 1. The Bertz CT molecular complexity index is 731. The van der Waals surface area contributed by atoms with Gasteiger partial charge in [-0.25, -0.2) is 4.68 Å². The van der Waals surface area contributed by atoms with E-state index < -0.39 is 0 Å². The normalized spacial score (nSPS) is 18.2. The topological polar surface area (TPSA) is 95.1 Å². The fourth-order valence-corrected chi connectivity index (χ4v) is 3.45. The summed E-state index contributed by atoms with van der Waals surface area (Å²) in [6.45, 7) is 3.12. The van der Waals surface area contributed by atoms with Gasteiger partial charge in [0.2, 0.25) is 11.1 Å². The number of benzene rings is 1. The first kappa shape index (κ1) is 18.0. The van der Waals surface area contributed by atoms with Crippen LogP contribution in [0.4, 0.5) is 0 Å². The number of aromatic nitrogens is 3. The number of thioether (sulfide) groups is 1. The standard InChI is InChI=1S/C16H20ClN5O2S/c1-10(15(23)19-9-13-3-2-8-24-13)25-16-21-20-14(22(16)18)11-4-6-12(17)7-5-11/h4-7,10,13H,2-3,8-9,18H2,1H3,(H,19,23)/t10-,13-/m1/s1. The lowest BCUT2D eigenvalue weighted by Gasteiger charge is -2.14. The molecule has 1 aliphatic rings. The summed E-state index contributed by atoms with van der Waals surface area (Å²) in [5.41, 5.74) is 0.807. The van der Waals surface area contributed by atoms with E-state index in [1.165, 1.54) is 16.4 Å². The maximum Gasteiger partial charge on any atom is 0.233 e. The molecule has 1 aromatic carbocycles. The van der Waals surface area contributed by atoms with E-state index in [0.717, 1.165) is 25.0 Å². The van der Waals surface area contributed by atoms with Crippen LogP contribution in [-0.2, 0) is 9.53 Å². The number of amides is 1. The molecular weight excluding hydrogens is 362 g/mol. The van der Waals surface area contributed by atoms with E-state index in [9.17, 15) is 4.79 Å². The third-order valence-electron chi connectivity index (χ3n) is 3.95. The van der Waals surface area contributed by atoms with Gasteiger partial charge in [0.1, 0.15) is 0 Å². The number of hydrogen-bond acceptors (Lipinski definition) is 6. The monoisotopic (exact) mass is 381 g/mol. The summed E-state index contributed by atoms with van der Waals surface area (Å²) in [6.07, 6.45) is 2.16. The van der Waals surface area contributed by atoms with Crippen molar-refractivity contribution in [2.45, 2.75) is 36.3 Å². The molecule has 1 aromatic heterocycles. The zero-order chi connectivity index (χ0) is 17.8. The van der Waals surface area contributed by atoms with Gasteiger partial charge in [-0.2, -0.15) is 0 Å². The average molecular weight is 382 g/mol. The Labute approximate surface area is 155 Å². The molecule has 9 heteroatoms. The van der Waals surface area contributed by atoms with E-state index in [4.69, 9.17) is 22.2 Å². The lowest BCUT2D eigenvalue weighted by molar-refractivity contribution is -0.120. The molecule has 1 aliphatic heterocycles. The Hall–Kier alpha value is -1.77. The van der Waals surface area contributed by atoms with Gasteiger partial charge in [-0.1, -0.05) is 23.4 Å². The molecule has 2 aromatic rings. The summed E-state index contributed by atoms with van der Waals surface area (Å²) in [4.78, 5) is 12.2. The second kappa shape index (κ2) is 8.07. The number of carbonyl (C=O) groups is 1. The van der Waals surface area contributed by atoms with Gasteiger partial charge in [-0.3, -0.25) is 4.79 Å². The van der Waals surface area contributed by atoms with Gasteiger partial charge in [0, 0.05) is 23.7 Å². The molecule has 1 fully saturated rings. The van der Waals surface area contributed by atoms with Crippen LogP contribution in [0.15, 0.2) is 29.4 Å². The molecule has 134 valence electrons. The molecule has 0 spiro atoms. The predicted molar refractivity (Wildman–Crippen MR) is 97.9 cm³/mol. The molecule has 25 heavy (non-hydrogen) atoms. The highest BCUT2D eigenvalue weighted by molar-refractivity contribution is 8.00. The van der Waals surface area contributed by atoms with Crippen LogP contribution in [0.1, 0.15) is 19.8 Å². The third-order valence-corrected chi connectivity index (χ3v) is 5.26. The van der Waals surface area contributed by atoms with Crippen molar-refractivity contribution in [2.24, 2.45) is 0 Å². The fraction of sp³-hybridized carbons (Fsp3) is 0.438. The molecule has 0 bridgehead atoms. The Balaban J connectivity index is 1.60. The first-order valence-corrected chi connectivity index (χ1v) is 9.32. The van der Waals surface area contributed by atoms with E-state index in [0.29, 0.717) is 22.5 Å². The van der Waals surface area contributed by atoms with Crippen LogP contribution in [-0.4, -0.2) is 45.3 Å². The molecule has 3 rings (SSSR count). The number of nitrogen functional groups attached to an aromatic ring is 1. The van der Waals surface area contributed by atoms with Crippen molar-refractivity contribution in [3.63, 3.8) is 0 Å². The third kappa shape index (κ3) is 4.45. The van der Waals surface area contributed by atoms with Crippen LogP contribution in [0.25, 0.3) is 11.4 Å². The van der Waals surface area contributed by atoms with E-state index in [2.05, 4.69) is 15.5 Å². The van der Waals surface area contributed by atoms with Gasteiger partial charge >= 0.3 is 0 Å². The van der Waals surface area contributed by atoms with Crippen LogP contribution >= 0.6 is 23.4 Å². The largest absolute Gasteiger partial charge is 0.376 e. The molecule has 0 unspecified atom stereocenters. The van der Waals surface area contributed by atoms with Crippen molar-refractivity contribution in [3.8, 4) is 11.4 Å². The van der Waals surface area contributed by atoms with Crippen molar-refractivity contribution < 1.29 is 9.53 Å². The van der Waals surface area contributed by atoms with Crippen LogP contribution in [0, 0.1) is 0 Å². The Morgan fingerprint density at radius 1 is 1.48 bits per heavy atom. The summed E-state index contributed by atoms with van der Waals surface area (Å²) >= 11 is 7.16. The molecule has 0 radical (unpaired) electrons. The van der Waals surface area contributed by atoms with E-state index >= 15 is 0 Å². The maximum absolute atomic E-state index is 12.2. The molecule has 2 heterocycles. The van der Waals surface area contributed by atoms with E-state index in [1.54, 1.807) is 12.1 Å². The second-order valence-electron chi connectivity index (χ2n) is 5.82. The number of hydrogen-bond donors (Lipinski definition) is 2. The number of nitrogens with one attached hydrogen (secondary N) is 1. The number of ether oxygens (including phenoxy) is 1. The molecule has 2 atom stereocenters. The SMILES string of the molecule is C[C@@H](Sc1nnc(-c2ccc(Cl)cc2)n1N)C(=O)NC[C@H]1CCCO1. The summed E-state index contributed by atoms with van der Waals surface area (Å²) in [6, 6.07) is 7.17. The minimum Gasteiger partial charge on any atom is -0.376 e. The van der Waals surface area contributed by atoms with Gasteiger partial charge in [-0.05, 0) is 44.0 Å². The van der Waals surface area contributed by atoms with Gasteiger partial charge in [-0.15, -0.1) is 10.2 Å². The first-order chi connectivity index (χ1) is 12.0. The molecule has 0 saturated carbocycles. The Kier molecular flexibility index (Phi) is 5.82. The van der Waals surface area contributed by atoms with Crippen LogP contribution in [0.3, 0.4) is 0 Å². The van der Waals surface area contributed by atoms with Crippen LogP contribution < -0.4 is 11.2 Å². The smallest absolute Gasteiger partial charge is 0.233 e. The van der Waals surface area contributed by atoms with Gasteiger partial charge in [0.25, 0.3) is 0 Å². The van der Waals surface area contributed by atoms with Crippen LogP contribution in [0.2, 0.25) is 5.02 Å². The molecule has 0 aliphatic carbocycles. The Morgan fingerprint density at radius 2 is 2.24 bits per heavy atom. The zero-order valence-corrected chi connectivity index (χ0v) is 15.4. The zero-order valence-electron chi connectivity index (χ0n) is 13.8. The summed E-state index contributed by atoms with van der Waals surface area (Å²) in [7, 11) is 0. The molecular formula is C16H20ClN5O2S. The van der Waals surface area contributed by atoms with Crippen molar-refractivity contribution in [1.29, 1.82) is 0 Å². The quantitative estimate of drug-likeness (QED) is 0.587. The maximum atomic E-state index is 12.2. The van der Waals surface area contributed by atoms with E-state index in [1.807, 2.05) is 19.1 Å². The van der Waals surface area contributed by atoms with Crippen molar-refractivity contribution in [3.05, 3.63) is 29.3 Å². The minimum atomic E-state index is -0.342.